The second-order valence-corrected chi connectivity index (χ2v) is 6.29. The largest absolute Gasteiger partial charge is 0.345 e. The second kappa shape index (κ2) is 8.26. The van der Waals surface area contributed by atoms with Crippen molar-refractivity contribution in [3.8, 4) is 11.1 Å². The molecular formula is C23H21NO2. The summed E-state index contributed by atoms with van der Waals surface area (Å²) in [5.74, 6) is -0.976. The van der Waals surface area contributed by atoms with Gasteiger partial charge in [0.05, 0.1) is 0 Å². The smallest absolute Gasteiger partial charge is 0.287 e. The summed E-state index contributed by atoms with van der Waals surface area (Å²) in [7, 11) is 0. The van der Waals surface area contributed by atoms with Crippen LogP contribution in [0.3, 0.4) is 0 Å². The van der Waals surface area contributed by atoms with Crippen molar-refractivity contribution in [3.63, 3.8) is 0 Å². The summed E-state index contributed by atoms with van der Waals surface area (Å²) in [6.07, 6.45) is 0.0884. The summed E-state index contributed by atoms with van der Waals surface area (Å²) in [4.78, 5) is 24.6. The molecule has 1 amide bonds. The van der Waals surface area contributed by atoms with Crippen molar-refractivity contribution in [1.82, 2.24) is 5.32 Å². The molecule has 130 valence electrons. The first-order valence-electron chi connectivity index (χ1n) is 8.63. The molecule has 1 N–H and O–H groups in total. The van der Waals surface area contributed by atoms with Crippen LogP contribution in [0.15, 0.2) is 78.9 Å². The normalized spacial score (nSPS) is 10.3. The van der Waals surface area contributed by atoms with Crippen molar-refractivity contribution in [2.45, 2.75) is 19.9 Å². The van der Waals surface area contributed by atoms with E-state index in [0.717, 1.165) is 27.8 Å². The third-order valence-corrected chi connectivity index (χ3v) is 4.25. The van der Waals surface area contributed by atoms with E-state index in [9.17, 15) is 9.59 Å². The summed E-state index contributed by atoms with van der Waals surface area (Å²) in [5, 5.41) is 2.70. The molecule has 3 rings (SSSR count). The molecule has 3 nitrogen and oxygen atoms in total. The standard InChI is InChI=1S/C23H21NO2/c1-17-12-13-20(21(14-17)19-10-6-3-7-11-19)15-22(25)23(26)24-16-18-8-4-2-5-9-18/h2-14H,15-16H2,1H3,(H,24,26). The van der Waals surface area contributed by atoms with Gasteiger partial charge in [0.1, 0.15) is 0 Å². The van der Waals surface area contributed by atoms with Crippen molar-refractivity contribution >= 4 is 11.7 Å². The lowest BCUT2D eigenvalue weighted by molar-refractivity contribution is -0.137. The van der Waals surface area contributed by atoms with Gasteiger partial charge in [0.25, 0.3) is 5.91 Å². The van der Waals surface area contributed by atoms with E-state index in [0.29, 0.717) is 6.54 Å². The number of carbonyl (C=O) groups is 2. The number of aryl methyl sites for hydroxylation is 1. The molecule has 0 aromatic heterocycles. The lowest BCUT2D eigenvalue weighted by Gasteiger charge is -2.11. The van der Waals surface area contributed by atoms with Gasteiger partial charge in [0.2, 0.25) is 5.78 Å². The summed E-state index contributed by atoms with van der Waals surface area (Å²) >= 11 is 0. The number of Topliss-reactive ketones (excluding diaryl/α,β-unsaturated/α-hetero) is 1. The molecule has 0 aliphatic heterocycles. The lowest BCUT2D eigenvalue weighted by Crippen LogP contribution is -2.31. The van der Waals surface area contributed by atoms with Gasteiger partial charge in [-0.1, -0.05) is 84.4 Å². The Balaban J connectivity index is 1.72. The van der Waals surface area contributed by atoms with Crippen LogP contribution in [0.1, 0.15) is 16.7 Å². The minimum Gasteiger partial charge on any atom is -0.345 e. The van der Waals surface area contributed by atoms with E-state index in [1.807, 2.05) is 79.7 Å². The van der Waals surface area contributed by atoms with Gasteiger partial charge in [-0.25, -0.2) is 0 Å². The number of hydrogen-bond donors (Lipinski definition) is 1. The average molecular weight is 343 g/mol. The molecule has 0 saturated carbocycles. The van der Waals surface area contributed by atoms with E-state index in [4.69, 9.17) is 0 Å². The molecule has 0 saturated heterocycles. The molecule has 0 spiro atoms. The lowest BCUT2D eigenvalue weighted by atomic mass is 9.94. The predicted molar refractivity (Wildman–Crippen MR) is 104 cm³/mol. The Labute approximate surface area is 153 Å². The van der Waals surface area contributed by atoms with Crippen LogP contribution in [0.4, 0.5) is 0 Å². The molecule has 0 atom stereocenters. The SMILES string of the molecule is Cc1ccc(CC(=O)C(=O)NCc2ccccc2)c(-c2ccccc2)c1. The number of hydrogen-bond acceptors (Lipinski definition) is 2. The van der Waals surface area contributed by atoms with Gasteiger partial charge in [-0.2, -0.15) is 0 Å². The maximum Gasteiger partial charge on any atom is 0.287 e. The first-order valence-corrected chi connectivity index (χ1v) is 8.63. The van der Waals surface area contributed by atoms with Crippen LogP contribution < -0.4 is 5.32 Å². The highest BCUT2D eigenvalue weighted by Crippen LogP contribution is 2.25. The first kappa shape index (κ1) is 17.6. The van der Waals surface area contributed by atoms with Crippen molar-refractivity contribution in [3.05, 3.63) is 95.6 Å². The summed E-state index contributed by atoms with van der Waals surface area (Å²) in [5.41, 5.74) is 4.99. The highest BCUT2D eigenvalue weighted by Gasteiger charge is 2.16. The molecular weight excluding hydrogens is 322 g/mol. The molecule has 0 aliphatic carbocycles. The van der Waals surface area contributed by atoms with Crippen LogP contribution in [0, 0.1) is 6.92 Å². The summed E-state index contributed by atoms with van der Waals surface area (Å²) in [6.45, 7) is 2.37. The third-order valence-electron chi connectivity index (χ3n) is 4.25. The van der Waals surface area contributed by atoms with Gasteiger partial charge < -0.3 is 5.32 Å². The zero-order chi connectivity index (χ0) is 18.4. The zero-order valence-corrected chi connectivity index (χ0v) is 14.7. The van der Waals surface area contributed by atoms with E-state index < -0.39 is 11.7 Å². The Kier molecular flexibility index (Phi) is 5.59. The fourth-order valence-electron chi connectivity index (χ4n) is 2.86. The van der Waals surface area contributed by atoms with Crippen molar-refractivity contribution < 1.29 is 9.59 Å². The van der Waals surface area contributed by atoms with Crippen LogP contribution in [0.5, 0.6) is 0 Å². The van der Waals surface area contributed by atoms with Crippen molar-refractivity contribution in [2.75, 3.05) is 0 Å². The second-order valence-electron chi connectivity index (χ2n) is 6.29. The molecule has 0 heterocycles. The molecule has 3 aromatic carbocycles. The van der Waals surface area contributed by atoms with Crippen LogP contribution in [-0.2, 0) is 22.6 Å². The maximum atomic E-state index is 12.4. The van der Waals surface area contributed by atoms with Crippen LogP contribution in [0.2, 0.25) is 0 Å². The number of ketones is 1. The van der Waals surface area contributed by atoms with Gasteiger partial charge in [0.15, 0.2) is 0 Å². The number of carbonyl (C=O) groups excluding carboxylic acids is 2. The molecule has 26 heavy (non-hydrogen) atoms. The van der Waals surface area contributed by atoms with Crippen LogP contribution in [-0.4, -0.2) is 11.7 Å². The molecule has 0 unspecified atom stereocenters. The van der Waals surface area contributed by atoms with Gasteiger partial charge in [-0.15, -0.1) is 0 Å². The third kappa shape index (κ3) is 4.45. The van der Waals surface area contributed by atoms with E-state index in [2.05, 4.69) is 11.4 Å². The molecule has 0 aliphatic rings. The molecule has 3 aromatic rings. The summed E-state index contributed by atoms with van der Waals surface area (Å²) in [6, 6.07) is 25.4. The fraction of sp³-hybridized carbons (Fsp3) is 0.130. The Morgan fingerprint density at radius 3 is 2.19 bits per heavy atom. The number of amides is 1. The highest BCUT2D eigenvalue weighted by molar-refractivity contribution is 6.36. The average Bonchev–Trinajstić information content (AvgIpc) is 2.69. The maximum absolute atomic E-state index is 12.4. The van der Waals surface area contributed by atoms with Crippen molar-refractivity contribution in [2.24, 2.45) is 0 Å². The van der Waals surface area contributed by atoms with Gasteiger partial charge in [-0.3, -0.25) is 9.59 Å². The quantitative estimate of drug-likeness (QED) is 0.685. The Morgan fingerprint density at radius 1 is 0.846 bits per heavy atom. The Hall–Kier alpha value is -3.20. The number of rotatable bonds is 6. The van der Waals surface area contributed by atoms with E-state index in [1.165, 1.54) is 0 Å². The zero-order valence-electron chi connectivity index (χ0n) is 14.7. The number of benzene rings is 3. The van der Waals surface area contributed by atoms with Gasteiger partial charge in [-0.05, 0) is 29.2 Å². The van der Waals surface area contributed by atoms with E-state index >= 15 is 0 Å². The van der Waals surface area contributed by atoms with Crippen LogP contribution in [0.25, 0.3) is 11.1 Å². The fourth-order valence-corrected chi connectivity index (χ4v) is 2.86. The first-order chi connectivity index (χ1) is 12.6. The highest BCUT2D eigenvalue weighted by atomic mass is 16.2. The van der Waals surface area contributed by atoms with Crippen LogP contribution >= 0.6 is 0 Å². The molecule has 0 fully saturated rings. The van der Waals surface area contributed by atoms with E-state index in [-0.39, 0.29) is 6.42 Å². The predicted octanol–water partition coefficient (Wildman–Crippen LogP) is 4.09. The Morgan fingerprint density at radius 2 is 1.50 bits per heavy atom. The molecule has 0 bridgehead atoms. The Bertz CT molecular complexity index is 902. The molecule has 0 radical (unpaired) electrons. The molecule has 3 heteroatoms. The van der Waals surface area contributed by atoms with Crippen molar-refractivity contribution in [1.29, 1.82) is 0 Å². The van der Waals surface area contributed by atoms with E-state index in [1.54, 1.807) is 0 Å². The topological polar surface area (TPSA) is 46.2 Å². The van der Waals surface area contributed by atoms with Gasteiger partial charge in [0, 0.05) is 13.0 Å². The van der Waals surface area contributed by atoms with Gasteiger partial charge >= 0.3 is 0 Å². The minimum atomic E-state index is -0.548. The minimum absolute atomic E-state index is 0.0884. The number of nitrogens with one attached hydrogen (secondary N) is 1. The monoisotopic (exact) mass is 343 g/mol. The summed E-state index contributed by atoms with van der Waals surface area (Å²) < 4.78 is 0.